The Bertz CT molecular complexity index is 474. The summed E-state index contributed by atoms with van der Waals surface area (Å²) in [6.45, 7) is 5.08. The van der Waals surface area contributed by atoms with E-state index in [0.717, 1.165) is 7.11 Å². The van der Waals surface area contributed by atoms with Crippen LogP contribution in [0.15, 0.2) is 29.0 Å². The van der Waals surface area contributed by atoms with Crippen LogP contribution in [-0.4, -0.2) is 24.6 Å². The summed E-state index contributed by atoms with van der Waals surface area (Å²) in [5, 5.41) is 14.6. The van der Waals surface area contributed by atoms with Gasteiger partial charge in [-0.1, -0.05) is 6.58 Å². The van der Waals surface area contributed by atoms with E-state index in [2.05, 4.69) is 11.3 Å². The van der Waals surface area contributed by atoms with Crippen molar-refractivity contribution < 1.29 is 49.0 Å². The first-order valence-electron chi connectivity index (χ1n) is 5.12. The van der Waals surface area contributed by atoms with Crippen LogP contribution in [0.4, 0.5) is 0 Å². The van der Waals surface area contributed by atoms with Crippen molar-refractivity contribution in [2.45, 2.75) is 18.4 Å². The van der Waals surface area contributed by atoms with Gasteiger partial charge in [-0.05, 0) is 34.9 Å². The maximum Gasteiger partial charge on any atom is 1.00 e. The number of thiophene rings is 1. The van der Waals surface area contributed by atoms with Gasteiger partial charge in [0.15, 0.2) is 0 Å². The maximum absolute atomic E-state index is 11.8. The standard InChI is InChI=1S/C12H15NO4S.Na/c1-7(2)12(13,11(16)17-3)9(10(14)15)8-4-5-18-6-8;/h4-6,9H,1,13H2,2-3H3,(H,14,15);/q;+1/p-1. The van der Waals surface area contributed by atoms with Gasteiger partial charge in [-0.3, -0.25) is 0 Å². The fourth-order valence-corrected chi connectivity index (χ4v) is 2.42. The van der Waals surface area contributed by atoms with Gasteiger partial charge in [0.1, 0.15) is 5.54 Å². The predicted molar refractivity (Wildman–Crippen MR) is 65.8 cm³/mol. The number of nitrogens with two attached hydrogens (primary N) is 1. The van der Waals surface area contributed by atoms with Crippen LogP contribution in [0.3, 0.4) is 0 Å². The van der Waals surface area contributed by atoms with E-state index >= 15 is 0 Å². The zero-order chi connectivity index (χ0) is 13.9. The Morgan fingerprint density at radius 1 is 1.58 bits per heavy atom. The number of carboxylic acids is 1. The average molecular weight is 291 g/mol. The first kappa shape index (κ1) is 18.3. The van der Waals surface area contributed by atoms with E-state index in [9.17, 15) is 14.7 Å². The molecule has 7 heteroatoms. The van der Waals surface area contributed by atoms with Crippen LogP contribution in [0.5, 0.6) is 0 Å². The van der Waals surface area contributed by atoms with Gasteiger partial charge in [-0.2, -0.15) is 11.3 Å². The van der Waals surface area contributed by atoms with Crippen molar-refractivity contribution in [1.82, 2.24) is 0 Å². The Balaban J connectivity index is 0.00000324. The summed E-state index contributed by atoms with van der Waals surface area (Å²) in [5.74, 6) is -3.62. The molecule has 0 bridgehead atoms. The van der Waals surface area contributed by atoms with Gasteiger partial charge in [-0.25, -0.2) is 4.79 Å². The topological polar surface area (TPSA) is 92.5 Å². The Kier molecular flexibility index (Phi) is 6.96. The first-order chi connectivity index (χ1) is 8.35. The smallest absolute Gasteiger partial charge is 0.549 e. The third-order valence-electron chi connectivity index (χ3n) is 2.80. The second-order valence-electron chi connectivity index (χ2n) is 3.95. The van der Waals surface area contributed by atoms with Crippen molar-refractivity contribution in [1.29, 1.82) is 0 Å². The monoisotopic (exact) mass is 291 g/mol. The zero-order valence-electron chi connectivity index (χ0n) is 11.1. The van der Waals surface area contributed by atoms with Gasteiger partial charge < -0.3 is 20.4 Å². The van der Waals surface area contributed by atoms with Crippen molar-refractivity contribution in [2.75, 3.05) is 7.11 Å². The fraction of sp³-hybridized carbons (Fsp3) is 0.333. The number of ether oxygens (including phenoxy) is 1. The second-order valence-corrected chi connectivity index (χ2v) is 4.73. The number of carboxylic acid groups (broad SMARTS) is 1. The van der Waals surface area contributed by atoms with Gasteiger partial charge in [0.05, 0.1) is 19.0 Å². The summed E-state index contributed by atoms with van der Waals surface area (Å²) in [5.41, 5.74) is 4.70. The normalized spacial score (nSPS) is 14.7. The molecule has 0 saturated carbocycles. The van der Waals surface area contributed by atoms with Crippen LogP contribution in [0.1, 0.15) is 18.4 Å². The quantitative estimate of drug-likeness (QED) is 0.355. The van der Waals surface area contributed by atoms with E-state index < -0.39 is 23.4 Å². The van der Waals surface area contributed by atoms with E-state index in [0.29, 0.717) is 5.56 Å². The summed E-state index contributed by atoms with van der Waals surface area (Å²) in [4.78, 5) is 23.2. The van der Waals surface area contributed by atoms with Gasteiger partial charge in [-0.15, -0.1) is 0 Å². The van der Waals surface area contributed by atoms with Crippen LogP contribution in [0.2, 0.25) is 0 Å². The molecule has 0 fully saturated rings. The van der Waals surface area contributed by atoms with Crippen molar-refractivity contribution in [2.24, 2.45) is 5.73 Å². The van der Waals surface area contributed by atoms with Crippen LogP contribution in [0.25, 0.3) is 0 Å². The van der Waals surface area contributed by atoms with Crippen LogP contribution >= 0.6 is 11.3 Å². The van der Waals surface area contributed by atoms with Gasteiger partial charge in [0.2, 0.25) is 0 Å². The van der Waals surface area contributed by atoms with E-state index in [1.165, 1.54) is 18.3 Å². The molecule has 0 saturated heterocycles. The van der Waals surface area contributed by atoms with E-state index in [4.69, 9.17) is 5.73 Å². The van der Waals surface area contributed by atoms with Gasteiger partial charge in [0, 0.05) is 0 Å². The largest absolute Gasteiger partial charge is 1.00 e. The number of hydrogen-bond acceptors (Lipinski definition) is 6. The number of methoxy groups -OCH3 is 1. The minimum atomic E-state index is -1.84. The first-order valence-corrected chi connectivity index (χ1v) is 6.06. The number of carbonyl (C=O) groups excluding carboxylic acids is 2. The third kappa shape index (κ3) is 3.46. The molecule has 0 radical (unpaired) electrons. The Morgan fingerprint density at radius 3 is 2.47 bits per heavy atom. The molecule has 1 aromatic rings. The van der Waals surface area contributed by atoms with Gasteiger partial charge >= 0.3 is 35.5 Å². The molecule has 0 aliphatic rings. The number of aliphatic carboxylic acids is 1. The third-order valence-corrected chi connectivity index (χ3v) is 3.50. The minimum absolute atomic E-state index is 0. The molecular weight excluding hydrogens is 277 g/mol. The molecule has 2 atom stereocenters. The summed E-state index contributed by atoms with van der Waals surface area (Å²) >= 11 is 1.30. The van der Waals surface area contributed by atoms with E-state index in [1.807, 2.05) is 0 Å². The van der Waals surface area contributed by atoms with Crippen molar-refractivity contribution in [3.8, 4) is 0 Å². The molecule has 0 aliphatic heterocycles. The second kappa shape index (κ2) is 7.21. The maximum atomic E-state index is 11.8. The predicted octanol–water partition coefficient (Wildman–Crippen LogP) is -2.97. The van der Waals surface area contributed by atoms with E-state index in [1.54, 1.807) is 16.8 Å². The molecule has 5 nitrogen and oxygen atoms in total. The molecular formula is C12H14NNaO4S. The number of rotatable bonds is 5. The molecule has 2 unspecified atom stereocenters. The summed E-state index contributed by atoms with van der Waals surface area (Å²) in [7, 11) is 1.15. The molecule has 0 aliphatic carbocycles. The van der Waals surface area contributed by atoms with Crippen LogP contribution in [-0.2, 0) is 14.3 Å². The molecule has 0 amide bonds. The SMILES string of the molecule is C=C(C)C(N)(C(=O)OC)C(C(=O)[O-])c1ccsc1.[Na+]. The fourth-order valence-electron chi connectivity index (χ4n) is 1.73. The molecule has 0 spiro atoms. The van der Waals surface area contributed by atoms with Crippen molar-refractivity contribution in [3.05, 3.63) is 34.5 Å². The number of carbonyl (C=O) groups is 2. The van der Waals surface area contributed by atoms with Crippen LogP contribution in [0, 0.1) is 0 Å². The number of esters is 1. The molecule has 1 aromatic heterocycles. The van der Waals surface area contributed by atoms with Crippen LogP contribution < -0.4 is 40.4 Å². The molecule has 0 aromatic carbocycles. The Morgan fingerprint density at radius 2 is 2.16 bits per heavy atom. The Labute approximate surface area is 137 Å². The molecule has 1 rings (SSSR count). The molecule has 98 valence electrons. The summed E-state index contributed by atoms with van der Waals surface area (Å²) < 4.78 is 4.59. The van der Waals surface area contributed by atoms with Crippen molar-refractivity contribution in [3.63, 3.8) is 0 Å². The Hall–Kier alpha value is -0.660. The average Bonchev–Trinajstić information content (AvgIpc) is 2.80. The van der Waals surface area contributed by atoms with E-state index in [-0.39, 0.29) is 35.1 Å². The number of hydrogen-bond donors (Lipinski definition) is 1. The van der Waals surface area contributed by atoms with Crippen molar-refractivity contribution >= 4 is 23.3 Å². The molecule has 19 heavy (non-hydrogen) atoms. The summed E-state index contributed by atoms with van der Waals surface area (Å²) in [6, 6.07) is 1.58. The summed E-state index contributed by atoms with van der Waals surface area (Å²) in [6.07, 6.45) is 0. The minimum Gasteiger partial charge on any atom is -0.549 e. The molecule has 1 heterocycles. The zero-order valence-corrected chi connectivity index (χ0v) is 14.0. The van der Waals surface area contributed by atoms with Gasteiger partial charge in [0.25, 0.3) is 0 Å². The molecule has 2 N–H and O–H groups in total.